The van der Waals surface area contributed by atoms with Crippen molar-refractivity contribution in [2.45, 2.75) is 51.4 Å². The van der Waals surface area contributed by atoms with Gasteiger partial charge in [-0.25, -0.2) is 12.7 Å². The number of hydrogen-bond donors (Lipinski definition) is 0. The van der Waals surface area contributed by atoms with Gasteiger partial charge in [0, 0.05) is 30.3 Å². The Morgan fingerprint density at radius 1 is 1.11 bits per heavy atom. The average molecular weight is 400 g/mol. The van der Waals surface area contributed by atoms with Crippen molar-refractivity contribution in [3.63, 3.8) is 0 Å². The average Bonchev–Trinajstić information content (AvgIpc) is 3.19. The van der Waals surface area contributed by atoms with Crippen LogP contribution in [0.2, 0.25) is 0 Å². The summed E-state index contributed by atoms with van der Waals surface area (Å²) in [6.45, 7) is 5.29. The Morgan fingerprint density at radius 2 is 1.82 bits per heavy atom. The maximum Gasteiger partial charge on any atom is 0.215 e. The van der Waals surface area contributed by atoms with Crippen molar-refractivity contribution in [3.8, 4) is 0 Å². The van der Waals surface area contributed by atoms with Gasteiger partial charge in [0.2, 0.25) is 10.0 Å². The highest BCUT2D eigenvalue weighted by Crippen LogP contribution is 2.64. The van der Waals surface area contributed by atoms with Crippen LogP contribution in [0.4, 0.5) is 0 Å². The number of nitrogens with zero attached hydrogens (tertiary/aromatic N) is 1. The Hall–Kier alpha value is -1.46. The van der Waals surface area contributed by atoms with Gasteiger partial charge in [-0.1, -0.05) is 50.3 Å². The van der Waals surface area contributed by atoms with Gasteiger partial charge in [0.05, 0.1) is 5.75 Å². The molecule has 150 valence electrons. The maximum absolute atomic E-state index is 13.4. The normalized spacial score (nSPS) is 32.9. The Morgan fingerprint density at radius 3 is 2.46 bits per heavy atom. The second-order valence-electron chi connectivity index (χ2n) is 9.90. The number of ketones is 1. The first-order valence-electron chi connectivity index (χ1n) is 10.5. The molecule has 0 N–H and O–H groups in total. The van der Waals surface area contributed by atoms with Crippen molar-refractivity contribution >= 4 is 21.9 Å². The van der Waals surface area contributed by atoms with Crippen LogP contribution in [0, 0.1) is 16.7 Å². The molecule has 0 radical (unpaired) electrons. The molecular weight excluding hydrogens is 370 g/mol. The predicted molar refractivity (Wildman–Crippen MR) is 110 cm³/mol. The van der Waals surface area contributed by atoms with E-state index in [1.807, 2.05) is 0 Å². The van der Waals surface area contributed by atoms with E-state index in [4.69, 9.17) is 0 Å². The quantitative estimate of drug-likeness (QED) is 0.777. The van der Waals surface area contributed by atoms with Crippen molar-refractivity contribution < 1.29 is 13.2 Å². The summed E-state index contributed by atoms with van der Waals surface area (Å²) in [4.78, 5) is 12.8. The minimum Gasteiger partial charge on any atom is -0.299 e. The SMILES string of the molecule is CC1(C)[C@@H]2CC[C@@]1(CS(=O)(=O)N1CCC3(C=Cc4ccccc43)CC1)C(=O)C2. The summed E-state index contributed by atoms with van der Waals surface area (Å²) in [5.41, 5.74) is 1.68. The fourth-order valence-corrected chi connectivity index (χ4v) is 8.77. The van der Waals surface area contributed by atoms with E-state index in [2.05, 4.69) is 50.3 Å². The van der Waals surface area contributed by atoms with Crippen molar-refractivity contribution in [2.75, 3.05) is 18.8 Å². The molecule has 4 nitrogen and oxygen atoms in total. The Kier molecular flexibility index (Phi) is 3.84. The van der Waals surface area contributed by atoms with E-state index in [1.165, 1.54) is 11.1 Å². The minimum atomic E-state index is -3.45. The van der Waals surface area contributed by atoms with Gasteiger partial charge in [-0.3, -0.25) is 4.79 Å². The van der Waals surface area contributed by atoms with Crippen LogP contribution in [-0.4, -0.2) is 37.3 Å². The summed E-state index contributed by atoms with van der Waals surface area (Å²) in [5.74, 6) is 0.528. The van der Waals surface area contributed by atoms with Crippen molar-refractivity contribution in [3.05, 3.63) is 41.5 Å². The molecule has 2 bridgehead atoms. The van der Waals surface area contributed by atoms with Crippen LogP contribution < -0.4 is 0 Å². The lowest BCUT2D eigenvalue weighted by molar-refractivity contribution is -0.128. The highest BCUT2D eigenvalue weighted by Gasteiger charge is 2.65. The zero-order valence-corrected chi connectivity index (χ0v) is 17.6. The third-order valence-corrected chi connectivity index (χ3v) is 10.7. The maximum atomic E-state index is 13.4. The van der Waals surface area contributed by atoms with Crippen molar-refractivity contribution in [1.29, 1.82) is 0 Å². The highest BCUT2D eigenvalue weighted by atomic mass is 32.2. The number of carbonyl (C=O) groups excluding carboxylic acids is 1. The van der Waals surface area contributed by atoms with Crippen LogP contribution in [0.3, 0.4) is 0 Å². The molecule has 28 heavy (non-hydrogen) atoms. The van der Waals surface area contributed by atoms with E-state index < -0.39 is 15.4 Å². The van der Waals surface area contributed by atoms with E-state index >= 15 is 0 Å². The first kappa shape index (κ1) is 18.6. The number of benzene rings is 1. The molecule has 1 aromatic rings. The largest absolute Gasteiger partial charge is 0.299 e. The Balaban J connectivity index is 1.36. The van der Waals surface area contributed by atoms with Gasteiger partial charge in [0.1, 0.15) is 5.78 Å². The number of fused-ring (bicyclic) bond motifs is 4. The van der Waals surface area contributed by atoms with Gasteiger partial charge >= 0.3 is 0 Å². The molecule has 1 saturated heterocycles. The van der Waals surface area contributed by atoms with E-state index in [-0.39, 0.29) is 22.4 Å². The summed E-state index contributed by atoms with van der Waals surface area (Å²) < 4.78 is 28.4. The fourth-order valence-electron chi connectivity index (χ4n) is 6.55. The molecule has 1 spiro atoms. The molecule has 5 heteroatoms. The molecule has 0 amide bonds. The lowest BCUT2D eigenvalue weighted by atomic mass is 9.70. The molecule has 0 unspecified atom stereocenters. The third kappa shape index (κ3) is 2.32. The van der Waals surface area contributed by atoms with Gasteiger partial charge in [-0.2, -0.15) is 0 Å². The van der Waals surface area contributed by atoms with E-state index in [1.54, 1.807) is 4.31 Å². The molecule has 2 atom stereocenters. The molecule has 3 aliphatic carbocycles. The topological polar surface area (TPSA) is 54.5 Å². The molecule has 2 saturated carbocycles. The van der Waals surface area contributed by atoms with Gasteiger partial charge in [0.25, 0.3) is 0 Å². The van der Waals surface area contributed by atoms with Gasteiger partial charge in [-0.05, 0) is 48.1 Å². The zero-order chi connectivity index (χ0) is 19.8. The number of allylic oxidation sites excluding steroid dienone is 1. The Labute approximate surface area is 168 Å². The third-order valence-electron chi connectivity index (χ3n) is 8.66. The molecule has 0 aromatic heterocycles. The number of rotatable bonds is 3. The smallest absolute Gasteiger partial charge is 0.215 e. The molecule has 4 aliphatic rings. The lowest BCUT2D eigenvalue weighted by Gasteiger charge is -2.41. The molecule has 1 aliphatic heterocycles. The summed E-state index contributed by atoms with van der Waals surface area (Å²) in [6.07, 6.45) is 8.35. The molecule has 5 rings (SSSR count). The number of hydrogen-bond acceptors (Lipinski definition) is 3. The van der Waals surface area contributed by atoms with Crippen molar-refractivity contribution in [1.82, 2.24) is 4.31 Å². The van der Waals surface area contributed by atoms with Gasteiger partial charge in [-0.15, -0.1) is 0 Å². The minimum absolute atomic E-state index is 0.00175. The first-order chi connectivity index (χ1) is 13.2. The fraction of sp³-hybridized carbons (Fsp3) is 0.609. The number of carbonyl (C=O) groups is 1. The zero-order valence-electron chi connectivity index (χ0n) is 16.8. The summed E-state index contributed by atoms with van der Waals surface area (Å²) >= 11 is 0. The predicted octanol–water partition coefficient (Wildman–Crippen LogP) is 3.77. The van der Waals surface area contributed by atoms with Crippen LogP contribution >= 0.6 is 0 Å². The van der Waals surface area contributed by atoms with Gasteiger partial charge in [0.15, 0.2) is 0 Å². The number of Topliss-reactive ketones (excluding diaryl/α,β-unsaturated/α-hetero) is 1. The van der Waals surface area contributed by atoms with Crippen LogP contribution in [0.1, 0.15) is 57.1 Å². The van der Waals surface area contributed by atoms with Crippen LogP contribution in [0.15, 0.2) is 30.3 Å². The van der Waals surface area contributed by atoms with Crippen LogP contribution in [0.25, 0.3) is 6.08 Å². The first-order valence-corrected chi connectivity index (χ1v) is 12.1. The molecule has 1 aromatic carbocycles. The van der Waals surface area contributed by atoms with Crippen molar-refractivity contribution in [2.24, 2.45) is 16.7 Å². The summed E-state index contributed by atoms with van der Waals surface area (Å²) in [5, 5.41) is 0. The highest BCUT2D eigenvalue weighted by molar-refractivity contribution is 7.89. The van der Waals surface area contributed by atoms with E-state index in [9.17, 15) is 13.2 Å². The molecular formula is C23H29NO3S. The molecule has 3 fully saturated rings. The van der Waals surface area contributed by atoms with Gasteiger partial charge < -0.3 is 0 Å². The van der Waals surface area contributed by atoms with E-state index in [0.29, 0.717) is 25.4 Å². The van der Waals surface area contributed by atoms with Crippen LogP contribution in [0.5, 0.6) is 0 Å². The summed E-state index contributed by atoms with van der Waals surface area (Å²) in [7, 11) is -3.45. The molecule has 1 heterocycles. The lowest BCUT2D eigenvalue weighted by Crippen LogP contribution is -2.50. The number of sulfonamides is 1. The standard InChI is InChI=1S/C23H29NO3S/c1-21(2)18-8-10-23(21,20(25)15-18)16-28(26,27)24-13-11-22(12-14-24)9-7-17-5-3-4-6-19(17)22/h3-7,9,18H,8,10-16H2,1-2H3/t18-,23-/m1/s1. The second kappa shape index (κ2) is 5.79. The second-order valence-corrected chi connectivity index (χ2v) is 11.9. The Bertz CT molecular complexity index is 969. The van der Waals surface area contributed by atoms with E-state index in [0.717, 1.165) is 25.7 Å². The summed E-state index contributed by atoms with van der Waals surface area (Å²) in [6, 6.07) is 8.43. The van der Waals surface area contributed by atoms with Crippen LogP contribution in [-0.2, 0) is 20.2 Å². The monoisotopic (exact) mass is 399 g/mol. The number of piperidine rings is 1.